The zero-order valence-electron chi connectivity index (χ0n) is 17.2. The van der Waals surface area contributed by atoms with Gasteiger partial charge in [0.05, 0.1) is 5.56 Å². The van der Waals surface area contributed by atoms with E-state index in [0.29, 0.717) is 20.5 Å². The Labute approximate surface area is 187 Å². The number of oxazole rings is 1. The van der Waals surface area contributed by atoms with Gasteiger partial charge in [0.25, 0.3) is 5.56 Å². The van der Waals surface area contributed by atoms with Crippen molar-refractivity contribution in [1.82, 2.24) is 19.6 Å². The van der Waals surface area contributed by atoms with Gasteiger partial charge >= 0.3 is 6.18 Å². The molecule has 2 aromatic carbocycles. The number of alkyl halides is 3. The minimum absolute atomic E-state index is 0.0672. The predicted molar refractivity (Wildman–Crippen MR) is 116 cm³/mol. The molecule has 33 heavy (non-hydrogen) atoms. The molecular formula is C22H15F3N4O3S. The molecule has 0 saturated carbocycles. The highest BCUT2D eigenvalue weighted by atomic mass is 32.2. The van der Waals surface area contributed by atoms with E-state index in [4.69, 9.17) is 4.42 Å². The van der Waals surface area contributed by atoms with Gasteiger partial charge in [0, 0.05) is 5.69 Å². The molecule has 5 aromatic rings. The highest BCUT2D eigenvalue weighted by Crippen LogP contribution is 2.38. The SMILES string of the molecule is Cc1[nH]c2c(-c3ccccc3)c(C(F)(F)F)nn2c(=O)c1-c1nc2c([S+](C)[O-])cccc2o1. The summed E-state index contributed by atoms with van der Waals surface area (Å²) in [5.41, 5.74) is -1.25. The number of fused-ring (bicyclic) bond motifs is 2. The van der Waals surface area contributed by atoms with Crippen molar-refractivity contribution in [2.75, 3.05) is 6.26 Å². The molecule has 3 heterocycles. The summed E-state index contributed by atoms with van der Waals surface area (Å²) in [6.45, 7) is 1.54. The molecule has 0 aliphatic heterocycles. The zero-order chi connectivity index (χ0) is 23.5. The van der Waals surface area contributed by atoms with Gasteiger partial charge in [-0.15, -0.1) is 0 Å². The largest absolute Gasteiger partial charge is 0.612 e. The van der Waals surface area contributed by atoms with Gasteiger partial charge in [0.15, 0.2) is 21.7 Å². The standard InChI is InChI=1S/C22H15F3N4O3S/c1-11-15(20-27-17-13(32-20)9-6-10-14(17)33(2)31)21(30)29-19(26-11)16(12-7-4-3-5-8-12)18(28-29)22(23,24)25/h3-10,26H,1-2H3. The maximum absolute atomic E-state index is 13.8. The van der Waals surface area contributed by atoms with E-state index < -0.39 is 28.6 Å². The number of nitrogens with zero attached hydrogens (tertiary/aromatic N) is 3. The van der Waals surface area contributed by atoms with Crippen molar-refractivity contribution in [3.05, 3.63) is 70.3 Å². The third-order valence-corrected chi connectivity index (χ3v) is 6.16. The molecule has 5 rings (SSSR count). The number of aromatic amines is 1. The van der Waals surface area contributed by atoms with Crippen LogP contribution in [0.25, 0.3) is 39.3 Å². The normalized spacial score (nSPS) is 13.2. The Morgan fingerprint density at radius 1 is 1.09 bits per heavy atom. The second kappa shape index (κ2) is 7.49. The number of benzene rings is 2. The molecule has 1 atom stereocenters. The van der Waals surface area contributed by atoms with E-state index in [9.17, 15) is 22.5 Å². The summed E-state index contributed by atoms with van der Waals surface area (Å²) in [7, 11) is 0. The molecule has 0 fully saturated rings. The maximum atomic E-state index is 13.8. The molecule has 0 saturated heterocycles. The fourth-order valence-electron chi connectivity index (χ4n) is 3.78. The molecule has 0 amide bonds. The predicted octanol–water partition coefficient (Wildman–Crippen LogP) is 4.56. The molecule has 168 valence electrons. The number of rotatable bonds is 3. The Kier molecular flexibility index (Phi) is 4.83. The van der Waals surface area contributed by atoms with Crippen LogP contribution in [-0.4, -0.2) is 30.4 Å². The van der Waals surface area contributed by atoms with Crippen LogP contribution in [-0.2, 0) is 17.4 Å². The number of hydrogen-bond acceptors (Lipinski definition) is 5. The molecule has 1 N–H and O–H groups in total. The number of nitrogens with one attached hydrogen (secondary N) is 1. The second-order valence-corrected chi connectivity index (χ2v) is 8.70. The summed E-state index contributed by atoms with van der Waals surface area (Å²) in [4.78, 5) is 20.9. The molecule has 1 unspecified atom stereocenters. The van der Waals surface area contributed by atoms with Crippen molar-refractivity contribution >= 4 is 27.9 Å². The van der Waals surface area contributed by atoms with Crippen molar-refractivity contribution < 1.29 is 22.1 Å². The Morgan fingerprint density at radius 2 is 1.82 bits per heavy atom. The third kappa shape index (κ3) is 3.40. The number of aromatic nitrogens is 4. The average Bonchev–Trinajstić information content (AvgIpc) is 3.35. The molecule has 7 nitrogen and oxygen atoms in total. The van der Waals surface area contributed by atoms with Crippen molar-refractivity contribution in [1.29, 1.82) is 0 Å². The summed E-state index contributed by atoms with van der Waals surface area (Å²) in [5, 5.41) is 3.62. The number of halogens is 3. The van der Waals surface area contributed by atoms with E-state index in [2.05, 4.69) is 15.1 Å². The molecular weight excluding hydrogens is 457 g/mol. The quantitative estimate of drug-likeness (QED) is 0.388. The number of hydrogen-bond donors (Lipinski definition) is 1. The number of H-pyrrole nitrogens is 1. The lowest BCUT2D eigenvalue weighted by atomic mass is 10.1. The van der Waals surface area contributed by atoms with E-state index in [1.807, 2.05) is 0 Å². The molecule has 0 spiro atoms. The zero-order valence-corrected chi connectivity index (χ0v) is 18.0. The highest BCUT2D eigenvalue weighted by molar-refractivity contribution is 7.91. The van der Waals surface area contributed by atoms with Crippen LogP contribution in [0, 0.1) is 6.92 Å². The van der Waals surface area contributed by atoms with Gasteiger partial charge in [0.1, 0.15) is 17.5 Å². The fourth-order valence-corrected chi connectivity index (χ4v) is 4.47. The lowest BCUT2D eigenvalue weighted by molar-refractivity contribution is -0.140. The molecule has 3 aromatic heterocycles. The van der Waals surface area contributed by atoms with Gasteiger partial charge in [-0.25, -0.2) is 4.98 Å². The van der Waals surface area contributed by atoms with E-state index in [0.717, 1.165) is 0 Å². The van der Waals surface area contributed by atoms with Crippen molar-refractivity contribution in [3.63, 3.8) is 0 Å². The van der Waals surface area contributed by atoms with Gasteiger partial charge in [-0.2, -0.15) is 22.8 Å². The van der Waals surface area contributed by atoms with Gasteiger partial charge in [-0.05, 0) is 35.8 Å². The van der Waals surface area contributed by atoms with Crippen LogP contribution < -0.4 is 5.56 Å². The number of para-hydroxylation sites is 1. The first-order valence-corrected chi connectivity index (χ1v) is 11.2. The number of aryl methyl sites for hydroxylation is 1. The van der Waals surface area contributed by atoms with Crippen LogP contribution in [0.1, 0.15) is 11.4 Å². The molecule has 11 heteroatoms. The van der Waals surface area contributed by atoms with Crippen molar-refractivity contribution in [3.8, 4) is 22.6 Å². The molecule has 0 radical (unpaired) electrons. The third-order valence-electron chi connectivity index (χ3n) is 5.21. The molecule has 0 bridgehead atoms. The summed E-state index contributed by atoms with van der Waals surface area (Å²) < 4.78 is 59.9. The Morgan fingerprint density at radius 3 is 2.48 bits per heavy atom. The Balaban J connectivity index is 1.81. The van der Waals surface area contributed by atoms with Crippen LogP contribution in [0.3, 0.4) is 0 Å². The first-order chi connectivity index (χ1) is 15.7. The summed E-state index contributed by atoms with van der Waals surface area (Å²) in [6, 6.07) is 12.8. The Bertz CT molecular complexity index is 1570. The monoisotopic (exact) mass is 472 g/mol. The smallest absolute Gasteiger partial charge is 0.435 e. The minimum atomic E-state index is -4.79. The van der Waals surface area contributed by atoms with Crippen LogP contribution in [0.2, 0.25) is 0 Å². The van der Waals surface area contributed by atoms with Crippen LogP contribution in [0.15, 0.2) is 62.6 Å². The van der Waals surface area contributed by atoms with Gasteiger partial charge in [-0.1, -0.05) is 36.4 Å². The minimum Gasteiger partial charge on any atom is -0.612 e. The van der Waals surface area contributed by atoms with Crippen LogP contribution in [0.5, 0.6) is 0 Å². The summed E-state index contributed by atoms with van der Waals surface area (Å²) in [6.07, 6.45) is -3.30. The second-order valence-electron chi connectivity index (χ2n) is 7.35. The summed E-state index contributed by atoms with van der Waals surface area (Å²) >= 11 is -1.36. The molecule has 0 aliphatic rings. The van der Waals surface area contributed by atoms with E-state index >= 15 is 0 Å². The summed E-state index contributed by atoms with van der Waals surface area (Å²) in [5.74, 6) is -0.103. The highest BCUT2D eigenvalue weighted by Gasteiger charge is 2.39. The van der Waals surface area contributed by atoms with E-state index in [1.165, 1.54) is 18.4 Å². The fraction of sp³-hybridized carbons (Fsp3) is 0.136. The lowest BCUT2D eigenvalue weighted by Crippen LogP contribution is -2.20. The lowest BCUT2D eigenvalue weighted by Gasteiger charge is -2.07. The van der Waals surface area contributed by atoms with Crippen molar-refractivity contribution in [2.45, 2.75) is 18.0 Å². The van der Waals surface area contributed by atoms with Crippen LogP contribution in [0.4, 0.5) is 13.2 Å². The Hall–Kier alpha value is -3.57. The van der Waals surface area contributed by atoms with Gasteiger partial charge < -0.3 is 14.0 Å². The first kappa shape index (κ1) is 21.3. The maximum Gasteiger partial charge on any atom is 0.435 e. The first-order valence-electron chi connectivity index (χ1n) is 9.68. The van der Waals surface area contributed by atoms with Gasteiger partial charge in [0.2, 0.25) is 5.89 Å². The molecule has 0 aliphatic carbocycles. The van der Waals surface area contributed by atoms with Gasteiger partial charge in [-0.3, -0.25) is 4.79 Å². The van der Waals surface area contributed by atoms with Crippen LogP contribution >= 0.6 is 0 Å². The topological polar surface area (TPSA) is 99.2 Å². The van der Waals surface area contributed by atoms with Crippen molar-refractivity contribution in [2.24, 2.45) is 0 Å². The van der Waals surface area contributed by atoms with E-state index in [1.54, 1.807) is 43.3 Å². The average molecular weight is 472 g/mol. The van der Waals surface area contributed by atoms with E-state index in [-0.39, 0.29) is 33.9 Å².